The van der Waals surface area contributed by atoms with Crippen molar-refractivity contribution in [2.75, 3.05) is 17.1 Å². The van der Waals surface area contributed by atoms with Crippen LogP contribution in [0.1, 0.15) is 36.8 Å². The maximum absolute atomic E-state index is 12.5. The number of rotatable bonds is 5. The third kappa shape index (κ3) is 3.58. The van der Waals surface area contributed by atoms with E-state index in [1.54, 1.807) is 6.07 Å². The number of amides is 1. The molecule has 1 amide bonds. The van der Waals surface area contributed by atoms with Crippen LogP contribution in [-0.4, -0.2) is 33.2 Å². The van der Waals surface area contributed by atoms with Gasteiger partial charge in [0.2, 0.25) is 15.9 Å². The lowest BCUT2D eigenvalue weighted by molar-refractivity contribution is -0.120. The zero-order chi connectivity index (χ0) is 17.5. The van der Waals surface area contributed by atoms with E-state index in [9.17, 15) is 13.2 Å². The maximum Gasteiger partial charge on any atom is 0.241 e. The van der Waals surface area contributed by atoms with E-state index >= 15 is 0 Å². The van der Waals surface area contributed by atoms with Crippen molar-refractivity contribution in [3.8, 4) is 0 Å². The Bertz CT molecular complexity index is 745. The summed E-state index contributed by atoms with van der Waals surface area (Å²) in [6, 6.07) is 5.79. The Labute approximate surface area is 144 Å². The Hall–Kier alpha value is -1.56. The number of nitrogens with one attached hydrogen (secondary N) is 1. The average molecular weight is 350 g/mol. The molecule has 0 heterocycles. The Kier molecular flexibility index (Phi) is 4.60. The summed E-state index contributed by atoms with van der Waals surface area (Å²) < 4.78 is 25.6. The van der Waals surface area contributed by atoms with E-state index in [0.717, 1.165) is 29.7 Å². The monoisotopic (exact) mass is 350 g/mol. The van der Waals surface area contributed by atoms with E-state index in [1.807, 2.05) is 26.0 Å². The molecule has 6 heteroatoms. The molecule has 0 unspecified atom stereocenters. The second-order valence-corrected chi connectivity index (χ2v) is 9.32. The van der Waals surface area contributed by atoms with E-state index in [4.69, 9.17) is 0 Å². The van der Waals surface area contributed by atoms with E-state index in [-0.39, 0.29) is 18.5 Å². The first-order valence-electron chi connectivity index (χ1n) is 8.58. The van der Waals surface area contributed by atoms with Crippen LogP contribution in [0.5, 0.6) is 0 Å². The molecule has 0 aromatic heterocycles. The molecule has 2 saturated carbocycles. The zero-order valence-electron chi connectivity index (χ0n) is 14.6. The molecule has 2 aliphatic rings. The largest absolute Gasteiger partial charge is 0.352 e. The molecule has 24 heavy (non-hydrogen) atoms. The van der Waals surface area contributed by atoms with Crippen LogP contribution in [0.2, 0.25) is 0 Å². The lowest BCUT2D eigenvalue weighted by Gasteiger charge is -2.27. The summed E-state index contributed by atoms with van der Waals surface area (Å²) in [5.41, 5.74) is 2.50. The lowest BCUT2D eigenvalue weighted by Crippen LogP contribution is -2.45. The van der Waals surface area contributed by atoms with Crippen molar-refractivity contribution < 1.29 is 13.2 Å². The molecule has 0 saturated heterocycles. The summed E-state index contributed by atoms with van der Waals surface area (Å²) in [6.45, 7) is 3.67. The van der Waals surface area contributed by atoms with Gasteiger partial charge in [-0.25, -0.2) is 8.42 Å². The fourth-order valence-corrected chi connectivity index (χ4v) is 5.18. The fourth-order valence-electron chi connectivity index (χ4n) is 4.27. The number of anilines is 1. The van der Waals surface area contributed by atoms with Gasteiger partial charge in [-0.2, -0.15) is 0 Å². The number of hydrogen-bond donors (Lipinski definition) is 1. The maximum atomic E-state index is 12.5. The smallest absolute Gasteiger partial charge is 0.241 e. The van der Waals surface area contributed by atoms with Crippen LogP contribution in [-0.2, 0) is 14.8 Å². The number of sulfonamides is 1. The molecule has 0 radical (unpaired) electrons. The van der Waals surface area contributed by atoms with Crippen LogP contribution in [0, 0.1) is 25.7 Å². The number of aryl methyl sites for hydroxylation is 2. The highest BCUT2D eigenvalue weighted by molar-refractivity contribution is 7.92. The van der Waals surface area contributed by atoms with Crippen molar-refractivity contribution >= 4 is 21.6 Å². The second kappa shape index (κ2) is 6.39. The Balaban J connectivity index is 1.74. The van der Waals surface area contributed by atoms with Gasteiger partial charge in [-0.15, -0.1) is 0 Å². The topological polar surface area (TPSA) is 66.5 Å². The number of hydrogen-bond acceptors (Lipinski definition) is 3. The van der Waals surface area contributed by atoms with Gasteiger partial charge in [0.25, 0.3) is 0 Å². The highest BCUT2D eigenvalue weighted by Gasteiger charge is 2.40. The fraction of sp³-hybridized carbons (Fsp3) is 0.611. The number of benzene rings is 1. The van der Waals surface area contributed by atoms with Gasteiger partial charge in [0, 0.05) is 6.04 Å². The van der Waals surface area contributed by atoms with Crippen molar-refractivity contribution in [2.24, 2.45) is 11.8 Å². The minimum absolute atomic E-state index is 0.156. The number of nitrogens with zero attached hydrogens (tertiary/aromatic N) is 1. The molecule has 2 fully saturated rings. The molecule has 1 N–H and O–H groups in total. The van der Waals surface area contributed by atoms with Crippen molar-refractivity contribution in [1.29, 1.82) is 0 Å². The minimum Gasteiger partial charge on any atom is -0.352 e. The van der Waals surface area contributed by atoms with E-state index < -0.39 is 10.0 Å². The summed E-state index contributed by atoms with van der Waals surface area (Å²) in [5.74, 6) is 1.11. The average Bonchev–Trinajstić information content (AvgIpc) is 3.07. The first-order valence-corrected chi connectivity index (χ1v) is 10.4. The van der Waals surface area contributed by atoms with Crippen LogP contribution in [0.25, 0.3) is 0 Å². The van der Waals surface area contributed by atoms with Crippen molar-refractivity contribution in [3.05, 3.63) is 29.3 Å². The molecular weight excluding hydrogens is 324 g/mol. The van der Waals surface area contributed by atoms with Gasteiger partial charge in [-0.1, -0.05) is 24.1 Å². The zero-order valence-corrected chi connectivity index (χ0v) is 15.4. The Morgan fingerprint density at radius 3 is 2.54 bits per heavy atom. The number of carbonyl (C=O) groups is 1. The SMILES string of the molecule is Cc1ccc(N(CC(=O)N[C@@H]2C[C@@H]3CC[C@@H]2C3)S(C)(=O)=O)c(C)c1. The molecule has 3 rings (SSSR count). The van der Waals surface area contributed by atoms with Crippen LogP contribution >= 0.6 is 0 Å². The third-order valence-electron chi connectivity index (χ3n) is 5.39. The van der Waals surface area contributed by atoms with E-state index in [1.165, 1.54) is 23.6 Å². The first kappa shape index (κ1) is 17.3. The van der Waals surface area contributed by atoms with Gasteiger partial charge in [-0.05, 0) is 56.6 Å². The van der Waals surface area contributed by atoms with Crippen LogP contribution < -0.4 is 9.62 Å². The molecule has 1 aromatic carbocycles. The standard InChI is InChI=1S/C18H26N2O3S/c1-12-4-7-17(13(2)8-12)20(24(3,22)23)11-18(21)19-16-10-14-5-6-15(16)9-14/h4,7-8,14-16H,5-6,9-11H2,1-3H3,(H,19,21)/t14-,15-,16-/m1/s1. The Morgan fingerprint density at radius 1 is 1.25 bits per heavy atom. The second-order valence-electron chi connectivity index (χ2n) is 7.41. The molecule has 132 valence electrons. The molecule has 1 aromatic rings. The minimum atomic E-state index is -3.52. The van der Waals surface area contributed by atoms with Gasteiger partial charge >= 0.3 is 0 Å². The molecule has 0 spiro atoms. The van der Waals surface area contributed by atoms with E-state index in [0.29, 0.717) is 11.6 Å². The highest BCUT2D eigenvalue weighted by atomic mass is 32.2. The molecule has 3 atom stereocenters. The number of fused-ring (bicyclic) bond motifs is 2. The van der Waals surface area contributed by atoms with Crippen LogP contribution in [0.4, 0.5) is 5.69 Å². The normalized spacial score (nSPS) is 25.7. The van der Waals surface area contributed by atoms with Crippen molar-refractivity contribution in [2.45, 2.75) is 45.6 Å². The predicted octanol–water partition coefficient (Wildman–Crippen LogP) is 2.37. The molecule has 5 nitrogen and oxygen atoms in total. The molecule has 0 aliphatic heterocycles. The lowest BCUT2D eigenvalue weighted by atomic mass is 9.95. The molecule has 2 bridgehead atoms. The van der Waals surface area contributed by atoms with Crippen LogP contribution in [0.3, 0.4) is 0 Å². The molecule has 2 aliphatic carbocycles. The quantitative estimate of drug-likeness (QED) is 0.886. The summed E-state index contributed by atoms with van der Waals surface area (Å²) in [5, 5.41) is 3.07. The van der Waals surface area contributed by atoms with Gasteiger partial charge in [0.1, 0.15) is 6.54 Å². The van der Waals surface area contributed by atoms with Crippen LogP contribution in [0.15, 0.2) is 18.2 Å². The summed E-state index contributed by atoms with van der Waals surface area (Å²) >= 11 is 0. The van der Waals surface area contributed by atoms with E-state index in [2.05, 4.69) is 5.32 Å². The van der Waals surface area contributed by atoms with Gasteiger partial charge in [0.05, 0.1) is 11.9 Å². The summed E-state index contributed by atoms with van der Waals surface area (Å²) in [7, 11) is -3.52. The van der Waals surface area contributed by atoms with Crippen molar-refractivity contribution in [3.63, 3.8) is 0 Å². The van der Waals surface area contributed by atoms with Gasteiger partial charge in [0.15, 0.2) is 0 Å². The highest BCUT2D eigenvalue weighted by Crippen LogP contribution is 2.44. The first-order chi connectivity index (χ1) is 11.2. The van der Waals surface area contributed by atoms with Crippen molar-refractivity contribution in [1.82, 2.24) is 5.32 Å². The third-order valence-corrected chi connectivity index (χ3v) is 6.52. The predicted molar refractivity (Wildman–Crippen MR) is 95.5 cm³/mol. The van der Waals surface area contributed by atoms with Gasteiger partial charge in [-0.3, -0.25) is 9.10 Å². The Morgan fingerprint density at radius 2 is 2.00 bits per heavy atom. The molecular formula is C18H26N2O3S. The number of carbonyl (C=O) groups excluding carboxylic acids is 1. The summed E-state index contributed by atoms with van der Waals surface area (Å²) in [4.78, 5) is 12.5. The summed E-state index contributed by atoms with van der Waals surface area (Å²) in [6.07, 6.45) is 5.85. The van der Waals surface area contributed by atoms with Gasteiger partial charge < -0.3 is 5.32 Å².